The number of cyclic esters (lactones) is 1. The van der Waals surface area contributed by atoms with E-state index in [1.165, 1.54) is 52.0 Å². The molecule has 7 amide bonds. The Bertz CT molecular complexity index is 1500. The standard InChI is InChI=1S/C35H53N7O11/c1-16(2)13-24(38-21(8)44)32(49)42-28-20(7)53-35(52)27(17(3)4)41-33(50)26(15-43)40-30(47)19(6)36-29(46)18(5)37-31(48)25(39-34(28)51)14-22-9-11-23(45)12-10-22/h9-12,16-20,24-28,43,45H,13-15H2,1-8H3,(H,36,46)(H,37,48)(H,38,44)(H,39,51)(H,40,47)(H,41,50)(H,42,49)/t18-,19+,20-,24+,25-,26-,27+,28+/m1/s1. The molecule has 9 N–H and O–H groups in total. The highest BCUT2D eigenvalue weighted by atomic mass is 16.5. The number of aliphatic hydroxyl groups excluding tert-OH is 1. The Hall–Kier alpha value is -5.26. The molecule has 53 heavy (non-hydrogen) atoms. The van der Waals surface area contributed by atoms with Crippen LogP contribution in [0.25, 0.3) is 0 Å². The number of nitrogens with one attached hydrogen (secondary N) is 7. The summed E-state index contributed by atoms with van der Waals surface area (Å²) in [5.74, 6) is -7.49. The summed E-state index contributed by atoms with van der Waals surface area (Å²) < 4.78 is 5.65. The first-order chi connectivity index (χ1) is 24.7. The number of esters is 1. The monoisotopic (exact) mass is 747 g/mol. The number of aromatic hydroxyl groups is 1. The summed E-state index contributed by atoms with van der Waals surface area (Å²) in [5, 5.41) is 37.0. The van der Waals surface area contributed by atoms with Crippen LogP contribution in [0.1, 0.15) is 67.4 Å². The number of rotatable bonds is 9. The predicted molar refractivity (Wildman–Crippen MR) is 189 cm³/mol. The number of hydrogen-bond donors (Lipinski definition) is 9. The van der Waals surface area contributed by atoms with Crippen LogP contribution in [0.2, 0.25) is 0 Å². The predicted octanol–water partition coefficient (Wildman–Crippen LogP) is -1.97. The Morgan fingerprint density at radius 2 is 1.30 bits per heavy atom. The van der Waals surface area contributed by atoms with Crippen LogP contribution < -0.4 is 37.2 Å². The van der Waals surface area contributed by atoms with Gasteiger partial charge < -0.3 is 52.2 Å². The van der Waals surface area contributed by atoms with Gasteiger partial charge >= 0.3 is 5.97 Å². The molecule has 294 valence electrons. The third-order valence-electron chi connectivity index (χ3n) is 8.30. The Morgan fingerprint density at radius 3 is 1.83 bits per heavy atom. The van der Waals surface area contributed by atoms with Crippen molar-refractivity contribution in [2.75, 3.05) is 6.61 Å². The second kappa shape index (κ2) is 20.1. The number of amides is 7. The molecular weight excluding hydrogens is 694 g/mol. The van der Waals surface area contributed by atoms with E-state index in [2.05, 4.69) is 37.2 Å². The van der Waals surface area contributed by atoms with Crippen LogP contribution in [-0.4, -0.2) is 113 Å². The molecule has 1 aromatic carbocycles. The van der Waals surface area contributed by atoms with Gasteiger partial charge in [-0.05, 0) is 56.7 Å². The van der Waals surface area contributed by atoms with Crippen molar-refractivity contribution >= 4 is 47.3 Å². The van der Waals surface area contributed by atoms with Crippen molar-refractivity contribution < 1.29 is 53.3 Å². The van der Waals surface area contributed by atoms with Gasteiger partial charge in [-0.3, -0.25) is 33.6 Å². The molecule has 0 spiro atoms. The molecule has 0 saturated carbocycles. The van der Waals surface area contributed by atoms with E-state index >= 15 is 0 Å². The maximum atomic E-state index is 14.1. The number of phenols is 1. The maximum absolute atomic E-state index is 14.1. The summed E-state index contributed by atoms with van der Waals surface area (Å²) in [6.45, 7) is 11.1. The molecule has 8 atom stereocenters. The summed E-state index contributed by atoms with van der Waals surface area (Å²) >= 11 is 0. The number of benzene rings is 1. The molecule has 0 aliphatic carbocycles. The molecule has 1 aromatic rings. The van der Waals surface area contributed by atoms with Crippen molar-refractivity contribution in [3.63, 3.8) is 0 Å². The smallest absolute Gasteiger partial charge is 0.329 e. The van der Waals surface area contributed by atoms with Crippen LogP contribution in [0.5, 0.6) is 5.75 Å². The lowest BCUT2D eigenvalue weighted by Gasteiger charge is -2.30. The zero-order chi connectivity index (χ0) is 40.2. The van der Waals surface area contributed by atoms with Gasteiger partial charge in [-0.15, -0.1) is 0 Å². The van der Waals surface area contributed by atoms with E-state index in [4.69, 9.17) is 4.74 Å². The molecule has 18 heteroatoms. The van der Waals surface area contributed by atoms with Gasteiger partial charge in [0.05, 0.1) is 6.61 Å². The summed E-state index contributed by atoms with van der Waals surface area (Å²) in [6, 6.07) is -3.81. The molecule has 1 saturated heterocycles. The number of aliphatic hydroxyl groups is 1. The van der Waals surface area contributed by atoms with E-state index < -0.39 is 108 Å². The van der Waals surface area contributed by atoms with Crippen molar-refractivity contribution in [3.05, 3.63) is 29.8 Å². The van der Waals surface area contributed by atoms with E-state index in [-0.39, 0.29) is 24.5 Å². The first kappa shape index (κ1) is 43.9. The highest BCUT2D eigenvalue weighted by molar-refractivity contribution is 5.97. The quantitative estimate of drug-likeness (QED) is 0.125. The maximum Gasteiger partial charge on any atom is 0.329 e. The Balaban J connectivity index is 2.65. The molecule has 0 bridgehead atoms. The van der Waals surface area contributed by atoms with Gasteiger partial charge in [0.25, 0.3) is 0 Å². The summed E-state index contributed by atoms with van der Waals surface area (Å²) in [7, 11) is 0. The van der Waals surface area contributed by atoms with Crippen LogP contribution in [0.3, 0.4) is 0 Å². The average molecular weight is 748 g/mol. The van der Waals surface area contributed by atoms with Crippen LogP contribution in [0, 0.1) is 11.8 Å². The second-order valence-corrected chi connectivity index (χ2v) is 13.9. The van der Waals surface area contributed by atoms with E-state index in [1.54, 1.807) is 13.8 Å². The SMILES string of the molecule is CC(=O)N[C@@H](CC(C)C)C(=O)N[C@@H]1C(=O)N[C@H](Cc2ccc(O)cc2)C(=O)N[C@H](C)C(=O)N[C@@H](C)C(=O)N[C@H](CO)C(=O)N[C@@H](C(C)C)C(=O)O[C@@H]1C. The third-order valence-corrected chi connectivity index (χ3v) is 8.30. The molecular formula is C35H53N7O11. The topological polar surface area (TPSA) is 270 Å². The number of ether oxygens (including phenoxy) is 1. The highest BCUT2D eigenvalue weighted by Crippen LogP contribution is 2.14. The van der Waals surface area contributed by atoms with Crippen LogP contribution in [-0.2, 0) is 49.5 Å². The van der Waals surface area contributed by atoms with Crippen molar-refractivity contribution in [2.24, 2.45) is 11.8 Å². The highest BCUT2D eigenvalue weighted by Gasteiger charge is 2.38. The number of carbonyl (C=O) groups excluding carboxylic acids is 8. The molecule has 1 heterocycles. The second-order valence-electron chi connectivity index (χ2n) is 13.9. The van der Waals surface area contributed by atoms with Crippen molar-refractivity contribution in [3.8, 4) is 5.75 Å². The largest absolute Gasteiger partial charge is 0.508 e. The fourth-order valence-corrected chi connectivity index (χ4v) is 5.29. The van der Waals surface area contributed by atoms with Crippen LogP contribution in [0.15, 0.2) is 24.3 Å². The minimum atomic E-state index is -1.67. The third kappa shape index (κ3) is 13.7. The summed E-state index contributed by atoms with van der Waals surface area (Å²) in [6.07, 6.45) is -1.42. The molecule has 0 aromatic heterocycles. The van der Waals surface area contributed by atoms with E-state index in [1.807, 2.05) is 13.8 Å². The molecule has 1 aliphatic rings. The molecule has 18 nitrogen and oxygen atoms in total. The van der Waals surface area contributed by atoms with Gasteiger partial charge in [0.2, 0.25) is 41.4 Å². The number of carbonyl (C=O) groups is 8. The Morgan fingerprint density at radius 1 is 0.774 bits per heavy atom. The van der Waals surface area contributed by atoms with Gasteiger partial charge in [0.1, 0.15) is 54.1 Å². The lowest BCUT2D eigenvalue weighted by Crippen LogP contribution is -2.61. The summed E-state index contributed by atoms with van der Waals surface area (Å²) in [5.41, 5.74) is 0.487. The van der Waals surface area contributed by atoms with Crippen LogP contribution >= 0.6 is 0 Å². The lowest BCUT2D eigenvalue weighted by molar-refractivity contribution is -0.157. The first-order valence-corrected chi connectivity index (χ1v) is 17.4. The van der Waals surface area contributed by atoms with E-state index in [0.717, 1.165) is 0 Å². The van der Waals surface area contributed by atoms with E-state index in [9.17, 15) is 48.6 Å². The van der Waals surface area contributed by atoms with Gasteiger partial charge in [-0.25, -0.2) is 4.79 Å². The summed E-state index contributed by atoms with van der Waals surface area (Å²) in [4.78, 5) is 106. The minimum absolute atomic E-state index is 0.0547. The molecule has 2 rings (SSSR count). The Labute approximate surface area is 308 Å². The van der Waals surface area contributed by atoms with Crippen molar-refractivity contribution in [1.82, 2.24) is 37.2 Å². The number of phenolic OH excluding ortho intramolecular Hbond substituents is 1. The lowest BCUT2D eigenvalue weighted by atomic mass is 10.0. The van der Waals surface area contributed by atoms with Gasteiger partial charge in [0, 0.05) is 13.3 Å². The van der Waals surface area contributed by atoms with Gasteiger partial charge in [-0.1, -0.05) is 39.8 Å². The average Bonchev–Trinajstić information content (AvgIpc) is 3.06. The zero-order valence-corrected chi connectivity index (χ0v) is 31.3. The Kier molecular flexibility index (Phi) is 16.7. The normalized spacial score (nSPS) is 26.0. The molecule has 1 aliphatic heterocycles. The number of hydrogen-bond acceptors (Lipinski definition) is 11. The first-order valence-electron chi connectivity index (χ1n) is 17.4. The minimum Gasteiger partial charge on any atom is -0.508 e. The fourth-order valence-electron chi connectivity index (χ4n) is 5.29. The molecule has 0 radical (unpaired) electrons. The molecule has 1 fully saturated rings. The van der Waals surface area contributed by atoms with Crippen molar-refractivity contribution in [2.45, 2.75) is 117 Å². The van der Waals surface area contributed by atoms with Crippen LogP contribution in [0.4, 0.5) is 0 Å². The zero-order valence-electron chi connectivity index (χ0n) is 31.3. The van der Waals surface area contributed by atoms with Gasteiger partial charge in [0.15, 0.2) is 0 Å². The van der Waals surface area contributed by atoms with E-state index in [0.29, 0.717) is 5.56 Å². The molecule has 0 unspecified atom stereocenters. The fraction of sp³-hybridized carbons (Fsp3) is 0.600. The van der Waals surface area contributed by atoms with Crippen molar-refractivity contribution in [1.29, 1.82) is 0 Å². The van der Waals surface area contributed by atoms with Gasteiger partial charge in [-0.2, -0.15) is 0 Å².